The van der Waals surface area contributed by atoms with Crippen LogP contribution in [0.25, 0.3) is 0 Å². The van der Waals surface area contributed by atoms with Gasteiger partial charge in [0, 0.05) is 31.9 Å². The lowest BCUT2D eigenvalue weighted by molar-refractivity contribution is -0.116. The fraction of sp³-hybridized carbons (Fsp3) is 0.533. The van der Waals surface area contributed by atoms with Crippen molar-refractivity contribution in [2.45, 2.75) is 19.3 Å². The van der Waals surface area contributed by atoms with Gasteiger partial charge >= 0.3 is 0 Å². The van der Waals surface area contributed by atoms with E-state index in [1.807, 2.05) is 11.8 Å². The predicted octanol–water partition coefficient (Wildman–Crippen LogP) is 2.77. The van der Waals surface area contributed by atoms with E-state index in [1.54, 1.807) is 32.4 Å². The smallest absolute Gasteiger partial charge is 0.224 e. The summed E-state index contributed by atoms with van der Waals surface area (Å²) in [6, 6.07) is 5.19. The summed E-state index contributed by atoms with van der Waals surface area (Å²) in [5, 5.41) is 2.85. The van der Waals surface area contributed by atoms with E-state index < -0.39 is 0 Å². The van der Waals surface area contributed by atoms with E-state index in [0.29, 0.717) is 23.5 Å². The number of carbonyl (C=O) groups is 1. The van der Waals surface area contributed by atoms with Crippen molar-refractivity contribution in [1.29, 1.82) is 0 Å². The maximum Gasteiger partial charge on any atom is 0.224 e. The van der Waals surface area contributed by atoms with Crippen LogP contribution in [-0.4, -0.2) is 38.2 Å². The lowest BCUT2D eigenvalue weighted by Crippen LogP contribution is -2.12. The molecule has 0 unspecified atom stereocenters. The molecule has 3 N–H and O–H groups in total. The lowest BCUT2D eigenvalue weighted by atomic mass is 10.2. The number of ether oxygens (including phenoxy) is 2. The summed E-state index contributed by atoms with van der Waals surface area (Å²) in [6.07, 6.45) is 2.42. The molecule has 0 aliphatic carbocycles. The third-order valence-electron chi connectivity index (χ3n) is 2.83. The maximum atomic E-state index is 11.9. The molecule has 1 aromatic rings. The van der Waals surface area contributed by atoms with Crippen LogP contribution < -0.4 is 15.8 Å². The topological polar surface area (TPSA) is 73.6 Å². The Balaban J connectivity index is 2.25. The summed E-state index contributed by atoms with van der Waals surface area (Å²) in [6.45, 7) is 0.796. The molecule has 0 atom stereocenters. The highest BCUT2D eigenvalue weighted by atomic mass is 32.2. The molecule has 0 saturated heterocycles. The van der Waals surface area contributed by atoms with E-state index in [-0.39, 0.29) is 5.91 Å². The average molecular weight is 312 g/mol. The molecule has 1 amide bonds. The highest BCUT2D eigenvalue weighted by Crippen LogP contribution is 2.26. The molecule has 1 aromatic carbocycles. The molecule has 0 bridgehead atoms. The van der Waals surface area contributed by atoms with E-state index in [1.165, 1.54) is 0 Å². The van der Waals surface area contributed by atoms with Gasteiger partial charge in [-0.05, 0) is 36.5 Å². The lowest BCUT2D eigenvalue weighted by Gasteiger charge is -2.10. The van der Waals surface area contributed by atoms with E-state index in [0.717, 1.165) is 31.0 Å². The van der Waals surface area contributed by atoms with Crippen molar-refractivity contribution >= 4 is 29.0 Å². The summed E-state index contributed by atoms with van der Waals surface area (Å²) in [5.41, 5.74) is 6.94. The maximum absolute atomic E-state index is 11.9. The number of anilines is 2. The summed E-state index contributed by atoms with van der Waals surface area (Å²) in [4.78, 5) is 11.9. The third-order valence-corrected chi connectivity index (χ3v) is 3.98. The van der Waals surface area contributed by atoms with Crippen LogP contribution in [0.3, 0.4) is 0 Å². The Hall–Kier alpha value is -1.40. The van der Waals surface area contributed by atoms with Gasteiger partial charge < -0.3 is 20.5 Å². The Bertz CT molecular complexity index is 441. The Labute approximate surface area is 130 Å². The molecule has 0 aliphatic rings. The zero-order valence-corrected chi connectivity index (χ0v) is 13.5. The number of thioether (sulfide) groups is 1. The molecule has 0 aromatic heterocycles. The van der Waals surface area contributed by atoms with Gasteiger partial charge in [0.2, 0.25) is 5.91 Å². The van der Waals surface area contributed by atoms with Gasteiger partial charge in [0.05, 0.1) is 12.8 Å². The first-order chi connectivity index (χ1) is 10.2. The highest BCUT2D eigenvalue weighted by Gasteiger charge is 2.07. The van der Waals surface area contributed by atoms with Crippen LogP contribution in [0.15, 0.2) is 18.2 Å². The molecule has 5 nitrogen and oxygen atoms in total. The molecule has 0 aliphatic heterocycles. The molecular formula is C15H24N2O3S. The van der Waals surface area contributed by atoms with Crippen LogP contribution in [0.5, 0.6) is 5.75 Å². The van der Waals surface area contributed by atoms with Crippen LogP contribution in [0.1, 0.15) is 19.3 Å². The van der Waals surface area contributed by atoms with Gasteiger partial charge in [0.1, 0.15) is 5.75 Å². The second-order valence-electron chi connectivity index (χ2n) is 4.57. The Morgan fingerprint density at radius 2 is 2.05 bits per heavy atom. The fourth-order valence-corrected chi connectivity index (χ4v) is 2.64. The predicted molar refractivity (Wildman–Crippen MR) is 89.1 cm³/mol. The second kappa shape index (κ2) is 10.3. The number of hydrogen-bond acceptors (Lipinski definition) is 5. The standard InChI is InChI=1S/C15H24N2O3S/c1-19-8-4-10-21-9-3-5-15(18)17-13-7-6-12(16)11-14(13)20-2/h6-7,11H,3-5,8-10,16H2,1-2H3,(H,17,18). The van der Waals surface area contributed by atoms with Crippen molar-refractivity contribution in [3.8, 4) is 5.75 Å². The van der Waals surface area contributed by atoms with Crippen LogP contribution in [0.4, 0.5) is 11.4 Å². The minimum atomic E-state index is -0.00411. The van der Waals surface area contributed by atoms with Crippen LogP contribution in [0, 0.1) is 0 Å². The number of methoxy groups -OCH3 is 2. The molecule has 21 heavy (non-hydrogen) atoms. The first-order valence-electron chi connectivity index (χ1n) is 6.97. The molecule has 0 fully saturated rings. The Morgan fingerprint density at radius 1 is 1.29 bits per heavy atom. The zero-order chi connectivity index (χ0) is 15.5. The third kappa shape index (κ3) is 7.24. The Morgan fingerprint density at radius 3 is 2.76 bits per heavy atom. The van der Waals surface area contributed by atoms with Gasteiger partial charge in [-0.2, -0.15) is 11.8 Å². The Kier molecular flexibility index (Phi) is 8.69. The first kappa shape index (κ1) is 17.7. The zero-order valence-electron chi connectivity index (χ0n) is 12.7. The number of nitrogens with two attached hydrogens (primary N) is 1. The van der Waals surface area contributed by atoms with Gasteiger partial charge in [0.25, 0.3) is 0 Å². The van der Waals surface area contributed by atoms with Gasteiger partial charge in [-0.3, -0.25) is 4.79 Å². The molecule has 0 spiro atoms. The van der Waals surface area contributed by atoms with Crippen LogP contribution in [-0.2, 0) is 9.53 Å². The quantitative estimate of drug-likeness (QED) is 0.513. The van der Waals surface area contributed by atoms with Gasteiger partial charge in [-0.15, -0.1) is 0 Å². The molecule has 1 rings (SSSR count). The minimum Gasteiger partial charge on any atom is -0.494 e. The highest BCUT2D eigenvalue weighted by molar-refractivity contribution is 7.99. The number of nitrogens with one attached hydrogen (secondary N) is 1. The summed E-state index contributed by atoms with van der Waals surface area (Å²) >= 11 is 1.85. The van der Waals surface area contributed by atoms with E-state index in [4.69, 9.17) is 15.2 Å². The normalized spacial score (nSPS) is 10.4. The number of amides is 1. The molecule has 0 saturated carbocycles. The van der Waals surface area contributed by atoms with Crippen molar-refractivity contribution in [2.75, 3.05) is 43.4 Å². The summed E-state index contributed by atoms with van der Waals surface area (Å²) < 4.78 is 10.2. The second-order valence-corrected chi connectivity index (χ2v) is 5.79. The van der Waals surface area contributed by atoms with Crippen molar-refractivity contribution in [2.24, 2.45) is 0 Å². The van der Waals surface area contributed by atoms with Crippen LogP contribution in [0.2, 0.25) is 0 Å². The van der Waals surface area contributed by atoms with Crippen LogP contribution >= 0.6 is 11.8 Å². The number of nitrogen functional groups attached to an aromatic ring is 1. The van der Waals surface area contributed by atoms with Gasteiger partial charge in [-0.25, -0.2) is 0 Å². The molecular weight excluding hydrogens is 288 g/mol. The van der Waals surface area contributed by atoms with Gasteiger partial charge in [0.15, 0.2) is 0 Å². The molecule has 118 valence electrons. The van der Waals surface area contributed by atoms with Crippen molar-refractivity contribution in [1.82, 2.24) is 0 Å². The fourth-order valence-electron chi connectivity index (χ4n) is 1.77. The molecule has 0 heterocycles. The van der Waals surface area contributed by atoms with E-state index in [9.17, 15) is 4.79 Å². The SMILES string of the molecule is COCCCSCCCC(=O)Nc1ccc(N)cc1OC. The number of rotatable bonds is 10. The first-order valence-corrected chi connectivity index (χ1v) is 8.13. The number of hydrogen-bond donors (Lipinski definition) is 2. The van der Waals surface area contributed by atoms with Crippen molar-refractivity contribution in [3.63, 3.8) is 0 Å². The summed E-state index contributed by atoms with van der Waals surface area (Å²) in [5.74, 6) is 2.63. The van der Waals surface area contributed by atoms with E-state index in [2.05, 4.69) is 5.32 Å². The largest absolute Gasteiger partial charge is 0.494 e. The van der Waals surface area contributed by atoms with E-state index >= 15 is 0 Å². The minimum absolute atomic E-state index is 0.00411. The van der Waals surface area contributed by atoms with Crippen molar-refractivity contribution < 1.29 is 14.3 Å². The molecule has 0 radical (unpaired) electrons. The monoisotopic (exact) mass is 312 g/mol. The number of carbonyl (C=O) groups excluding carboxylic acids is 1. The summed E-state index contributed by atoms with van der Waals surface area (Å²) in [7, 11) is 3.27. The molecule has 6 heteroatoms. The van der Waals surface area contributed by atoms with Crippen molar-refractivity contribution in [3.05, 3.63) is 18.2 Å². The van der Waals surface area contributed by atoms with Gasteiger partial charge in [-0.1, -0.05) is 0 Å². The number of benzene rings is 1. The average Bonchev–Trinajstić information content (AvgIpc) is 2.48.